The van der Waals surface area contributed by atoms with Crippen LogP contribution in [0.5, 0.6) is 0 Å². The van der Waals surface area contributed by atoms with Gasteiger partial charge in [-0.05, 0) is 69.1 Å². The van der Waals surface area contributed by atoms with Crippen molar-refractivity contribution in [2.24, 2.45) is 23.2 Å². The quantitative estimate of drug-likeness (QED) is 0.228. The molecule has 0 unspecified atom stereocenters. The summed E-state index contributed by atoms with van der Waals surface area (Å²) in [5, 5.41) is 34.6. The van der Waals surface area contributed by atoms with Gasteiger partial charge < -0.3 is 40.7 Å². The van der Waals surface area contributed by atoms with Gasteiger partial charge in [0.1, 0.15) is 0 Å². The maximum atomic E-state index is 13.1. The van der Waals surface area contributed by atoms with Crippen LogP contribution in [0.15, 0.2) is 0 Å². The average molecular weight is 623 g/mol. The first kappa shape index (κ1) is 33.6. The number of carbonyl (C=O) groups excluding carboxylic acids is 2. The van der Waals surface area contributed by atoms with Gasteiger partial charge in [-0.3, -0.25) is 14.5 Å². The molecule has 5 N–H and O–H groups in total. The molecule has 14 heteroatoms. The smallest absolute Gasteiger partial charge is 0.407 e. The maximum absolute atomic E-state index is 13.1. The third-order valence-corrected chi connectivity index (χ3v) is 10.1. The molecule has 5 aliphatic rings. The zero-order chi connectivity index (χ0) is 31.7. The largest absolute Gasteiger partial charge is 0.465 e. The lowest BCUT2D eigenvalue weighted by atomic mass is 9.49. The fourth-order valence-corrected chi connectivity index (χ4v) is 8.05. The first-order chi connectivity index (χ1) is 21.0. The minimum absolute atomic E-state index is 0.00147. The number of hydrogen-bond donors (Lipinski definition) is 5. The van der Waals surface area contributed by atoms with Gasteiger partial charge in [-0.2, -0.15) is 0 Å². The fraction of sp³-hybridized carbons (Fsp3) is 0.833. The number of nitrogens with zero attached hydrogens (tertiary/aromatic N) is 4. The van der Waals surface area contributed by atoms with Crippen molar-refractivity contribution < 1.29 is 39.3 Å². The highest BCUT2D eigenvalue weighted by atomic mass is 16.4. The summed E-state index contributed by atoms with van der Waals surface area (Å²) in [5.74, 6) is 2.30. The first-order valence-electron chi connectivity index (χ1n) is 16.3. The Balaban J connectivity index is 1.13. The zero-order valence-electron chi connectivity index (χ0n) is 25.8. The Bertz CT molecular complexity index is 976. The molecule has 5 fully saturated rings. The zero-order valence-corrected chi connectivity index (χ0v) is 25.8. The second-order valence-corrected chi connectivity index (χ2v) is 13.3. The van der Waals surface area contributed by atoms with Gasteiger partial charge in [-0.1, -0.05) is 12.8 Å². The molecule has 4 saturated carbocycles. The molecule has 248 valence electrons. The molecule has 0 spiro atoms. The summed E-state index contributed by atoms with van der Waals surface area (Å²) < 4.78 is 0. The second kappa shape index (κ2) is 15.6. The molecule has 5 amide bonds. The van der Waals surface area contributed by atoms with Crippen LogP contribution in [-0.2, 0) is 9.59 Å². The molecule has 0 aromatic rings. The van der Waals surface area contributed by atoms with Crippen LogP contribution in [0.2, 0.25) is 0 Å². The van der Waals surface area contributed by atoms with Crippen molar-refractivity contribution in [1.29, 1.82) is 0 Å². The lowest BCUT2D eigenvalue weighted by Crippen LogP contribution is -2.53. The predicted molar refractivity (Wildman–Crippen MR) is 160 cm³/mol. The van der Waals surface area contributed by atoms with Crippen molar-refractivity contribution in [1.82, 2.24) is 30.2 Å². The highest BCUT2D eigenvalue weighted by Gasteiger charge is 2.54. The molecule has 1 heterocycles. The molecule has 1 saturated heterocycles. The Morgan fingerprint density at radius 3 is 1.36 bits per heavy atom. The number of rotatable bonds is 10. The molecule has 14 nitrogen and oxygen atoms in total. The highest BCUT2D eigenvalue weighted by molar-refractivity contribution is 5.83. The van der Waals surface area contributed by atoms with Gasteiger partial charge in [0, 0.05) is 70.9 Å². The summed E-state index contributed by atoms with van der Waals surface area (Å²) in [5.41, 5.74) is -0.109. The van der Waals surface area contributed by atoms with Gasteiger partial charge in [0.25, 0.3) is 0 Å². The molecular weight excluding hydrogens is 572 g/mol. The standard InChI is InChI=1S/C30H50N6O8/c37-25(21-33-7-9-34(27(39)40)11-13-36(29(43)44)14-12-35(10-8-33)28(41)42)31-5-3-1-2-4-6-32-26(38)30-18-22-15-23(19-30)17-24(16-22)20-30/h22-24H,1-21H2,(H,31,37)(H,32,38)(H,39,40)(H,41,42)(H,43,44). The van der Waals surface area contributed by atoms with E-state index >= 15 is 0 Å². The van der Waals surface area contributed by atoms with Crippen LogP contribution in [0.4, 0.5) is 14.4 Å². The van der Waals surface area contributed by atoms with Crippen molar-refractivity contribution in [3.63, 3.8) is 0 Å². The highest BCUT2D eigenvalue weighted by Crippen LogP contribution is 2.60. The van der Waals surface area contributed by atoms with Crippen LogP contribution >= 0.6 is 0 Å². The van der Waals surface area contributed by atoms with E-state index in [2.05, 4.69) is 10.6 Å². The lowest BCUT2D eigenvalue weighted by Gasteiger charge is -2.55. The minimum atomic E-state index is -1.24. The van der Waals surface area contributed by atoms with Crippen molar-refractivity contribution in [3.05, 3.63) is 0 Å². The van der Waals surface area contributed by atoms with Crippen LogP contribution < -0.4 is 10.6 Å². The Morgan fingerprint density at radius 1 is 0.568 bits per heavy atom. The molecule has 0 radical (unpaired) electrons. The van der Waals surface area contributed by atoms with Gasteiger partial charge in [0.05, 0.1) is 6.54 Å². The summed E-state index contributed by atoms with van der Waals surface area (Å²) in [6.45, 7) is 1.44. The van der Waals surface area contributed by atoms with Crippen LogP contribution in [-0.4, -0.2) is 137 Å². The summed E-state index contributed by atoms with van der Waals surface area (Å²) in [6.07, 6.45) is 7.16. The van der Waals surface area contributed by atoms with E-state index < -0.39 is 18.3 Å². The van der Waals surface area contributed by atoms with Crippen molar-refractivity contribution in [3.8, 4) is 0 Å². The summed E-state index contributed by atoms with van der Waals surface area (Å²) in [4.78, 5) is 65.6. The van der Waals surface area contributed by atoms with Gasteiger partial charge in [-0.25, -0.2) is 14.4 Å². The summed E-state index contributed by atoms with van der Waals surface area (Å²) in [7, 11) is 0. The Kier molecular flexibility index (Phi) is 11.9. The van der Waals surface area contributed by atoms with Crippen LogP contribution in [0.1, 0.15) is 64.2 Å². The van der Waals surface area contributed by atoms with E-state index in [-0.39, 0.29) is 76.1 Å². The van der Waals surface area contributed by atoms with Crippen LogP contribution in [0, 0.1) is 23.2 Å². The number of carboxylic acid groups (broad SMARTS) is 3. The van der Waals surface area contributed by atoms with Crippen molar-refractivity contribution >= 4 is 30.1 Å². The van der Waals surface area contributed by atoms with Gasteiger partial charge in [0.15, 0.2) is 0 Å². The number of amides is 5. The lowest BCUT2D eigenvalue weighted by molar-refractivity contribution is -0.146. The van der Waals surface area contributed by atoms with E-state index in [4.69, 9.17) is 0 Å². The van der Waals surface area contributed by atoms with Crippen LogP contribution in [0.3, 0.4) is 0 Å². The van der Waals surface area contributed by atoms with E-state index in [1.165, 1.54) is 19.3 Å². The normalized spacial score (nSPS) is 27.7. The molecule has 0 atom stereocenters. The molecule has 0 aromatic heterocycles. The van der Waals surface area contributed by atoms with E-state index in [0.29, 0.717) is 13.1 Å². The number of hydrogen-bond acceptors (Lipinski definition) is 6. The van der Waals surface area contributed by atoms with Crippen LogP contribution in [0.25, 0.3) is 0 Å². The van der Waals surface area contributed by atoms with Crippen molar-refractivity contribution in [2.45, 2.75) is 64.2 Å². The molecule has 4 bridgehead atoms. The number of carbonyl (C=O) groups is 5. The molecule has 1 aliphatic heterocycles. The molecule has 44 heavy (non-hydrogen) atoms. The number of unbranched alkanes of at least 4 members (excludes halogenated alkanes) is 3. The minimum Gasteiger partial charge on any atom is -0.465 e. The summed E-state index contributed by atoms with van der Waals surface area (Å²) in [6, 6.07) is 0. The number of nitrogens with one attached hydrogen (secondary N) is 2. The molecular formula is C30H50N6O8. The van der Waals surface area contributed by atoms with Gasteiger partial charge in [0.2, 0.25) is 11.8 Å². The van der Waals surface area contributed by atoms with Gasteiger partial charge in [-0.15, -0.1) is 0 Å². The van der Waals surface area contributed by atoms with Gasteiger partial charge >= 0.3 is 18.3 Å². The Hall–Kier alpha value is -3.29. The van der Waals surface area contributed by atoms with E-state index in [0.717, 1.165) is 77.4 Å². The Morgan fingerprint density at radius 2 is 0.955 bits per heavy atom. The predicted octanol–water partition coefficient (Wildman–Crippen LogP) is 2.25. The summed E-state index contributed by atoms with van der Waals surface area (Å²) >= 11 is 0. The van der Waals surface area contributed by atoms with E-state index in [1.54, 1.807) is 4.90 Å². The fourth-order valence-electron chi connectivity index (χ4n) is 8.05. The first-order valence-corrected chi connectivity index (χ1v) is 16.3. The third-order valence-electron chi connectivity index (χ3n) is 10.1. The third kappa shape index (κ3) is 9.35. The SMILES string of the molecule is O=C(CN1CCN(C(=O)O)CCN(C(=O)O)CCN(C(=O)O)CC1)NCCCCCCNC(=O)C12CC3CC(CC(C3)C1)C2. The molecule has 0 aromatic carbocycles. The van der Waals surface area contributed by atoms with E-state index in [1.807, 2.05) is 0 Å². The van der Waals surface area contributed by atoms with Crippen molar-refractivity contribution in [2.75, 3.05) is 72.0 Å². The Labute approximate surface area is 259 Å². The second-order valence-electron chi connectivity index (χ2n) is 13.3. The van der Waals surface area contributed by atoms with E-state index in [9.17, 15) is 39.3 Å². The topological polar surface area (TPSA) is 183 Å². The average Bonchev–Trinajstić information content (AvgIpc) is 2.94. The monoisotopic (exact) mass is 622 g/mol. The maximum Gasteiger partial charge on any atom is 0.407 e. The molecule has 4 aliphatic carbocycles. The molecule has 5 rings (SSSR count).